The molecular formula is C21H24N2O4. The third-order valence-electron chi connectivity index (χ3n) is 4.41. The Kier molecular flexibility index (Phi) is 6.08. The van der Waals surface area contributed by atoms with E-state index in [0.29, 0.717) is 13.0 Å². The van der Waals surface area contributed by atoms with Crippen LogP contribution in [0.5, 0.6) is 11.5 Å². The molecule has 2 aromatic rings. The lowest BCUT2D eigenvalue weighted by Gasteiger charge is -2.20. The van der Waals surface area contributed by atoms with Gasteiger partial charge in [-0.3, -0.25) is 14.5 Å². The molecule has 1 aliphatic rings. The van der Waals surface area contributed by atoms with Crippen molar-refractivity contribution in [3.8, 4) is 11.5 Å². The average molecular weight is 368 g/mol. The highest BCUT2D eigenvalue weighted by Crippen LogP contribution is 2.32. The van der Waals surface area contributed by atoms with Crippen LogP contribution in [0.3, 0.4) is 0 Å². The number of hydrogen-bond donors (Lipinski definition) is 1. The van der Waals surface area contributed by atoms with Gasteiger partial charge in [0.2, 0.25) is 12.7 Å². The van der Waals surface area contributed by atoms with Gasteiger partial charge in [-0.1, -0.05) is 36.4 Å². The van der Waals surface area contributed by atoms with Gasteiger partial charge >= 0.3 is 0 Å². The summed E-state index contributed by atoms with van der Waals surface area (Å²) >= 11 is 0. The van der Waals surface area contributed by atoms with Gasteiger partial charge in [0.1, 0.15) is 0 Å². The molecule has 1 aliphatic heterocycles. The van der Waals surface area contributed by atoms with E-state index in [1.54, 1.807) is 0 Å². The van der Waals surface area contributed by atoms with Gasteiger partial charge in [-0.05, 0) is 43.7 Å². The highest BCUT2D eigenvalue weighted by atomic mass is 16.7. The Balaban J connectivity index is 1.53. The SMILES string of the molecule is CC(=O)[C@@H](Cc1ccccc1)NC(=O)CN(C)Cc1ccc2c(c1)OCO2. The number of amides is 1. The molecule has 6 heteroatoms. The maximum atomic E-state index is 12.4. The predicted octanol–water partition coefficient (Wildman–Crippen LogP) is 2.16. The molecule has 1 amide bonds. The Morgan fingerprint density at radius 2 is 1.81 bits per heavy atom. The summed E-state index contributed by atoms with van der Waals surface area (Å²) in [6.45, 7) is 2.54. The third-order valence-corrected chi connectivity index (χ3v) is 4.41. The lowest BCUT2D eigenvalue weighted by atomic mass is 10.0. The summed E-state index contributed by atoms with van der Waals surface area (Å²) < 4.78 is 10.7. The first kappa shape index (κ1) is 18.9. The first-order valence-corrected chi connectivity index (χ1v) is 8.92. The predicted molar refractivity (Wildman–Crippen MR) is 102 cm³/mol. The van der Waals surface area contributed by atoms with Crippen LogP contribution in [-0.2, 0) is 22.6 Å². The van der Waals surface area contributed by atoms with Gasteiger partial charge in [0.05, 0.1) is 12.6 Å². The number of hydrogen-bond acceptors (Lipinski definition) is 5. The van der Waals surface area contributed by atoms with Crippen molar-refractivity contribution in [2.24, 2.45) is 0 Å². The molecule has 142 valence electrons. The Bertz CT molecular complexity index is 807. The summed E-state index contributed by atoms with van der Waals surface area (Å²) in [6, 6.07) is 14.9. The number of ketones is 1. The first-order valence-electron chi connectivity index (χ1n) is 8.92. The molecule has 2 aromatic carbocycles. The zero-order valence-corrected chi connectivity index (χ0v) is 15.6. The van der Waals surface area contributed by atoms with E-state index in [1.165, 1.54) is 6.92 Å². The maximum absolute atomic E-state index is 12.4. The summed E-state index contributed by atoms with van der Waals surface area (Å²) in [5.74, 6) is 1.24. The molecule has 1 atom stereocenters. The second-order valence-corrected chi connectivity index (χ2v) is 6.78. The first-order chi connectivity index (χ1) is 13.0. The molecule has 0 aliphatic carbocycles. The summed E-state index contributed by atoms with van der Waals surface area (Å²) in [5.41, 5.74) is 2.05. The molecule has 0 radical (unpaired) electrons. The molecule has 1 N–H and O–H groups in total. The van der Waals surface area contributed by atoms with Crippen LogP contribution in [0, 0.1) is 0 Å². The number of nitrogens with zero attached hydrogens (tertiary/aromatic N) is 1. The zero-order chi connectivity index (χ0) is 19.2. The number of benzene rings is 2. The fraction of sp³-hybridized carbons (Fsp3) is 0.333. The molecule has 0 saturated heterocycles. The molecule has 0 aromatic heterocycles. The number of likely N-dealkylation sites (N-methyl/N-ethyl adjacent to an activating group) is 1. The van der Waals surface area contributed by atoms with Gasteiger partial charge < -0.3 is 14.8 Å². The minimum Gasteiger partial charge on any atom is -0.454 e. The normalized spacial score (nSPS) is 13.4. The molecule has 0 unspecified atom stereocenters. The van der Waals surface area contributed by atoms with Gasteiger partial charge in [-0.25, -0.2) is 0 Å². The van der Waals surface area contributed by atoms with Crippen molar-refractivity contribution in [3.63, 3.8) is 0 Å². The second kappa shape index (κ2) is 8.68. The van der Waals surface area contributed by atoms with E-state index in [1.807, 2.05) is 60.5 Å². The molecule has 0 fully saturated rings. The highest BCUT2D eigenvalue weighted by Gasteiger charge is 2.19. The summed E-state index contributed by atoms with van der Waals surface area (Å²) in [5, 5.41) is 2.85. The van der Waals surface area contributed by atoms with E-state index in [9.17, 15) is 9.59 Å². The van der Waals surface area contributed by atoms with Gasteiger partial charge in [0.15, 0.2) is 17.3 Å². The minimum absolute atomic E-state index is 0.0503. The lowest BCUT2D eigenvalue weighted by Crippen LogP contribution is -2.45. The van der Waals surface area contributed by atoms with Crippen LogP contribution in [0.1, 0.15) is 18.1 Å². The van der Waals surface area contributed by atoms with Crippen LogP contribution in [0.2, 0.25) is 0 Å². The number of Topliss-reactive ketones (excluding diaryl/α,β-unsaturated/α-hetero) is 1. The largest absolute Gasteiger partial charge is 0.454 e. The Labute approximate surface area is 159 Å². The molecule has 6 nitrogen and oxygen atoms in total. The van der Waals surface area contributed by atoms with Crippen molar-refractivity contribution >= 4 is 11.7 Å². The average Bonchev–Trinajstić information content (AvgIpc) is 3.09. The van der Waals surface area contributed by atoms with Crippen LogP contribution >= 0.6 is 0 Å². The Hall–Kier alpha value is -2.86. The van der Waals surface area contributed by atoms with Gasteiger partial charge in [0, 0.05) is 6.54 Å². The monoisotopic (exact) mass is 368 g/mol. The number of fused-ring (bicyclic) bond motifs is 1. The molecule has 0 spiro atoms. The van der Waals surface area contributed by atoms with Crippen LogP contribution in [0.15, 0.2) is 48.5 Å². The summed E-state index contributed by atoms with van der Waals surface area (Å²) in [7, 11) is 1.87. The second-order valence-electron chi connectivity index (χ2n) is 6.78. The fourth-order valence-corrected chi connectivity index (χ4v) is 3.04. The van der Waals surface area contributed by atoms with Crippen LogP contribution < -0.4 is 14.8 Å². The summed E-state index contributed by atoms with van der Waals surface area (Å²) in [4.78, 5) is 26.2. The number of rotatable bonds is 8. The number of carbonyl (C=O) groups excluding carboxylic acids is 2. The van der Waals surface area contributed by atoms with Crippen molar-refractivity contribution in [2.75, 3.05) is 20.4 Å². The van der Waals surface area contributed by atoms with Crippen LogP contribution in [0.25, 0.3) is 0 Å². The van der Waals surface area contributed by atoms with E-state index in [0.717, 1.165) is 22.6 Å². The van der Waals surface area contributed by atoms with Crippen LogP contribution in [-0.4, -0.2) is 43.0 Å². The van der Waals surface area contributed by atoms with Crippen molar-refractivity contribution in [3.05, 3.63) is 59.7 Å². The lowest BCUT2D eigenvalue weighted by molar-refractivity contribution is -0.127. The Morgan fingerprint density at radius 1 is 1.07 bits per heavy atom. The summed E-state index contributed by atoms with van der Waals surface area (Å²) in [6.07, 6.45) is 0.494. The molecular weight excluding hydrogens is 344 g/mol. The fourth-order valence-electron chi connectivity index (χ4n) is 3.04. The Morgan fingerprint density at radius 3 is 2.56 bits per heavy atom. The van der Waals surface area contributed by atoms with Gasteiger partial charge in [0.25, 0.3) is 0 Å². The quantitative estimate of drug-likeness (QED) is 0.773. The van der Waals surface area contributed by atoms with E-state index >= 15 is 0 Å². The molecule has 3 rings (SSSR count). The van der Waals surface area contributed by atoms with E-state index in [4.69, 9.17) is 9.47 Å². The number of carbonyl (C=O) groups is 2. The maximum Gasteiger partial charge on any atom is 0.234 e. The van der Waals surface area contributed by atoms with Crippen molar-refractivity contribution in [1.82, 2.24) is 10.2 Å². The van der Waals surface area contributed by atoms with Gasteiger partial charge in [-0.15, -0.1) is 0 Å². The molecule has 0 saturated carbocycles. The van der Waals surface area contributed by atoms with Crippen LogP contribution in [0.4, 0.5) is 0 Å². The van der Waals surface area contributed by atoms with E-state index < -0.39 is 6.04 Å². The zero-order valence-electron chi connectivity index (χ0n) is 15.6. The van der Waals surface area contributed by atoms with Crippen molar-refractivity contribution in [2.45, 2.75) is 25.9 Å². The van der Waals surface area contributed by atoms with E-state index in [2.05, 4.69) is 5.32 Å². The topological polar surface area (TPSA) is 67.9 Å². The molecule has 27 heavy (non-hydrogen) atoms. The third kappa shape index (κ3) is 5.31. The minimum atomic E-state index is -0.515. The van der Waals surface area contributed by atoms with Gasteiger partial charge in [-0.2, -0.15) is 0 Å². The highest BCUT2D eigenvalue weighted by molar-refractivity contribution is 5.88. The molecule has 1 heterocycles. The smallest absolute Gasteiger partial charge is 0.234 e. The number of nitrogens with one attached hydrogen (secondary N) is 1. The van der Waals surface area contributed by atoms with E-state index in [-0.39, 0.29) is 25.0 Å². The number of ether oxygens (including phenoxy) is 2. The van der Waals surface area contributed by atoms with Crippen molar-refractivity contribution < 1.29 is 19.1 Å². The molecule has 0 bridgehead atoms. The standard InChI is InChI=1S/C21H24N2O4/c1-15(24)18(10-16-6-4-3-5-7-16)22-21(25)13-23(2)12-17-8-9-19-20(11-17)27-14-26-19/h3-9,11,18H,10,12-14H2,1-2H3,(H,22,25)/t18-/m1/s1. The van der Waals surface area contributed by atoms with Crippen molar-refractivity contribution in [1.29, 1.82) is 0 Å².